The van der Waals surface area contributed by atoms with Gasteiger partial charge in [0.15, 0.2) is 22.4 Å². The Hall–Kier alpha value is -1.62. The molecule has 0 radical (unpaired) electrons. The summed E-state index contributed by atoms with van der Waals surface area (Å²) in [7, 11) is -4.47. The standard InChI is InChI=1S/C13H19ClN5O6P/c1-7(20)16-12-17-10(14)9-11(18-12)19(5-15-9)6-24-8(2)25-13(3,4)26(21,22)23/h5,8H,6H2,1-4H3,(H2,21,22,23)(H,16,17,18,20). The lowest BCUT2D eigenvalue weighted by Crippen LogP contribution is -2.31. The molecule has 0 fully saturated rings. The van der Waals surface area contributed by atoms with Gasteiger partial charge in [-0.3, -0.25) is 19.2 Å². The Bertz CT molecular complexity index is 866. The average Bonchev–Trinajstić information content (AvgIpc) is 2.86. The third-order valence-corrected chi connectivity index (χ3v) is 5.09. The second-order valence-electron chi connectivity index (χ2n) is 5.88. The number of halogens is 1. The number of amides is 1. The third kappa shape index (κ3) is 4.76. The molecule has 2 rings (SSSR count). The zero-order chi connectivity index (χ0) is 19.7. The number of anilines is 1. The fraction of sp³-hybridized carbons (Fsp3) is 0.538. The second-order valence-corrected chi connectivity index (χ2v) is 8.40. The molecule has 11 nitrogen and oxygen atoms in total. The van der Waals surface area contributed by atoms with Crippen molar-refractivity contribution >= 4 is 42.2 Å². The molecule has 2 heterocycles. The van der Waals surface area contributed by atoms with Gasteiger partial charge in [-0.15, -0.1) is 0 Å². The molecule has 26 heavy (non-hydrogen) atoms. The van der Waals surface area contributed by atoms with Crippen LogP contribution < -0.4 is 5.32 Å². The summed E-state index contributed by atoms with van der Waals surface area (Å²) < 4.78 is 23.6. The molecule has 1 amide bonds. The van der Waals surface area contributed by atoms with E-state index in [9.17, 15) is 19.1 Å². The first-order chi connectivity index (χ1) is 11.9. The zero-order valence-corrected chi connectivity index (χ0v) is 16.2. The van der Waals surface area contributed by atoms with Gasteiger partial charge in [0.2, 0.25) is 11.9 Å². The van der Waals surface area contributed by atoms with Crippen LogP contribution >= 0.6 is 19.2 Å². The van der Waals surface area contributed by atoms with E-state index < -0.39 is 19.2 Å². The first-order valence-corrected chi connectivity index (χ1v) is 9.41. The predicted molar refractivity (Wildman–Crippen MR) is 92.4 cm³/mol. The third-order valence-electron chi connectivity index (χ3n) is 3.31. The number of fused-ring (bicyclic) bond motifs is 1. The molecular formula is C13H19ClN5O6P. The van der Waals surface area contributed by atoms with Crippen LogP contribution in [0.4, 0.5) is 5.95 Å². The molecule has 3 N–H and O–H groups in total. The van der Waals surface area contributed by atoms with Crippen LogP contribution in [-0.2, 0) is 25.6 Å². The Morgan fingerprint density at radius 3 is 2.69 bits per heavy atom. The molecule has 0 spiro atoms. The highest BCUT2D eigenvalue weighted by molar-refractivity contribution is 7.53. The molecule has 0 saturated heterocycles. The minimum absolute atomic E-state index is 0.0173. The number of nitrogens with one attached hydrogen (secondary N) is 1. The Balaban J connectivity index is 2.15. The molecule has 144 valence electrons. The highest BCUT2D eigenvalue weighted by atomic mass is 35.5. The van der Waals surface area contributed by atoms with Crippen LogP contribution in [0.15, 0.2) is 6.33 Å². The Kier molecular flexibility index (Phi) is 6.01. The molecule has 0 saturated carbocycles. The minimum atomic E-state index is -4.47. The number of carbonyl (C=O) groups is 1. The zero-order valence-electron chi connectivity index (χ0n) is 14.5. The summed E-state index contributed by atoms with van der Waals surface area (Å²) in [5.41, 5.74) is 0.628. The number of ether oxygens (including phenoxy) is 2. The van der Waals surface area contributed by atoms with Crippen molar-refractivity contribution in [1.29, 1.82) is 0 Å². The van der Waals surface area contributed by atoms with Crippen LogP contribution in [0.1, 0.15) is 27.7 Å². The number of rotatable bonds is 7. The van der Waals surface area contributed by atoms with E-state index in [0.717, 1.165) is 0 Å². The maximum atomic E-state index is 11.4. The summed E-state index contributed by atoms with van der Waals surface area (Å²) in [4.78, 5) is 41.8. The Labute approximate surface area is 153 Å². The van der Waals surface area contributed by atoms with Gasteiger partial charge in [0.05, 0.1) is 6.33 Å². The summed E-state index contributed by atoms with van der Waals surface area (Å²) in [6.45, 7) is 5.27. The van der Waals surface area contributed by atoms with E-state index in [4.69, 9.17) is 21.1 Å². The van der Waals surface area contributed by atoms with Crippen molar-refractivity contribution in [2.24, 2.45) is 0 Å². The molecule has 13 heteroatoms. The smallest absolute Gasteiger partial charge is 0.334 e. The van der Waals surface area contributed by atoms with Gasteiger partial charge in [-0.05, 0) is 20.8 Å². The van der Waals surface area contributed by atoms with Crippen molar-refractivity contribution in [2.45, 2.75) is 46.1 Å². The van der Waals surface area contributed by atoms with Crippen LogP contribution in [0, 0.1) is 0 Å². The summed E-state index contributed by atoms with van der Waals surface area (Å²) in [6, 6.07) is 0. The monoisotopic (exact) mass is 407 g/mol. The molecular weight excluding hydrogens is 389 g/mol. The van der Waals surface area contributed by atoms with Crippen molar-refractivity contribution in [3.63, 3.8) is 0 Å². The first-order valence-electron chi connectivity index (χ1n) is 7.42. The summed E-state index contributed by atoms with van der Waals surface area (Å²) >= 11 is 6.03. The largest absolute Gasteiger partial charge is 0.356 e. The van der Waals surface area contributed by atoms with Gasteiger partial charge in [0.1, 0.15) is 12.2 Å². The molecule has 0 aliphatic carbocycles. The molecule has 0 aliphatic heterocycles. The van der Waals surface area contributed by atoms with Crippen molar-refractivity contribution in [2.75, 3.05) is 5.32 Å². The van der Waals surface area contributed by atoms with Gasteiger partial charge >= 0.3 is 7.60 Å². The lowest BCUT2D eigenvalue weighted by molar-refractivity contribution is -0.185. The molecule has 0 aromatic carbocycles. The normalized spacial score (nSPS) is 13.8. The second kappa shape index (κ2) is 7.55. The van der Waals surface area contributed by atoms with Crippen molar-refractivity contribution < 1.29 is 28.6 Å². The lowest BCUT2D eigenvalue weighted by atomic mass is 10.4. The molecule has 1 atom stereocenters. The van der Waals surface area contributed by atoms with E-state index >= 15 is 0 Å². The quantitative estimate of drug-likeness (QED) is 0.354. The van der Waals surface area contributed by atoms with Crippen LogP contribution in [0.2, 0.25) is 5.15 Å². The molecule has 0 bridgehead atoms. The highest BCUT2D eigenvalue weighted by Gasteiger charge is 2.40. The van der Waals surface area contributed by atoms with Gasteiger partial charge in [-0.1, -0.05) is 11.6 Å². The number of hydrogen-bond acceptors (Lipinski definition) is 7. The fourth-order valence-electron chi connectivity index (χ4n) is 1.91. The lowest BCUT2D eigenvalue weighted by Gasteiger charge is -2.29. The van der Waals surface area contributed by atoms with Crippen LogP contribution in [-0.4, -0.2) is 46.8 Å². The van der Waals surface area contributed by atoms with E-state index in [2.05, 4.69) is 20.3 Å². The topological polar surface area (TPSA) is 149 Å². The Morgan fingerprint density at radius 1 is 1.46 bits per heavy atom. The van der Waals surface area contributed by atoms with E-state index in [1.54, 1.807) is 0 Å². The summed E-state index contributed by atoms with van der Waals surface area (Å²) in [5.74, 6) is -0.340. The molecule has 2 aromatic heterocycles. The number of nitrogens with zero attached hydrogens (tertiary/aromatic N) is 4. The molecule has 0 aliphatic rings. The van der Waals surface area contributed by atoms with E-state index in [1.807, 2.05) is 0 Å². The molecule has 2 aromatic rings. The minimum Gasteiger partial charge on any atom is -0.334 e. The van der Waals surface area contributed by atoms with Crippen LogP contribution in [0.3, 0.4) is 0 Å². The number of carbonyl (C=O) groups excluding carboxylic acids is 1. The molecule has 1 unspecified atom stereocenters. The highest BCUT2D eigenvalue weighted by Crippen LogP contribution is 2.51. The Morgan fingerprint density at radius 2 is 2.12 bits per heavy atom. The number of aromatic nitrogens is 4. The van der Waals surface area contributed by atoms with Gasteiger partial charge in [0.25, 0.3) is 0 Å². The maximum Gasteiger partial charge on any atom is 0.356 e. The van der Waals surface area contributed by atoms with E-state index in [1.165, 1.54) is 38.6 Å². The van der Waals surface area contributed by atoms with E-state index in [-0.39, 0.29) is 23.7 Å². The summed E-state index contributed by atoms with van der Waals surface area (Å²) in [6.07, 6.45) is 0.478. The van der Waals surface area contributed by atoms with Gasteiger partial charge in [0, 0.05) is 6.92 Å². The predicted octanol–water partition coefficient (Wildman–Crippen LogP) is 1.69. The van der Waals surface area contributed by atoms with Gasteiger partial charge in [-0.25, -0.2) is 4.98 Å². The van der Waals surface area contributed by atoms with E-state index in [0.29, 0.717) is 11.2 Å². The summed E-state index contributed by atoms with van der Waals surface area (Å²) in [5, 5.41) is 0.787. The first kappa shape index (κ1) is 20.7. The fourth-order valence-corrected chi connectivity index (χ4v) is 2.41. The van der Waals surface area contributed by atoms with Crippen molar-refractivity contribution in [3.8, 4) is 0 Å². The number of imidazole rings is 1. The van der Waals surface area contributed by atoms with Crippen LogP contribution in [0.25, 0.3) is 11.2 Å². The SMILES string of the molecule is CC(=O)Nc1nc(Cl)c2ncn(COC(C)OC(C)(C)P(=O)(O)O)c2n1. The van der Waals surface area contributed by atoms with Crippen molar-refractivity contribution in [1.82, 2.24) is 19.5 Å². The maximum absolute atomic E-state index is 11.4. The van der Waals surface area contributed by atoms with Gasteiger partial charge in [-0.2, -0.15) is 9.97 Å². The van der Waals surface area contributed by atoms with Gasteiger partial charge < -0.3 is 19.3 Å². The average molecular weight is 408 g/mol. The van der Waals surface area contributed by atoms with Crippen molar-refractivity contribution in [3.05, 3.63) is 11.5 Å². The van der Waals surface area contributed by atoms with Crippen LogP contribution in [0.5, 0.6) is 0 Å². The number of hydrogen-bond donors (Lipinski definition) is 3.